The maximum atomic E-state index is 16.8. The van der Waals surface area contributed by atoms with Gasteiger partial charge in [0.05, 0.1) is 28.2 Å². The standard InChI is InChI=1S/C52H54N6O8/c1-44(2)19-15-25-29(65-44)13-11-27-33-36-50-28-12-14-30-26(16-20-45(3,4)66-30)35(28)58(64)38(50)47(7,8)31-23-48-17-9-21-54(48)42(61)51(31,53-40(48)59)39(50)56-41(60)49-18-10-22-55(49)43(62)52(36,56)32(24-49)46(5,6)37(33)57(63)34(25)27/h11-16,19-20,31-32,36,39,63H,9-10,17-18,21-24H2,1-8H3,(H,53,59)/t31-,32-,36-,39+,48?,49-,50?,51+,52+/m0/s1. The number of amides is 4. The molecule has 2 N–H and O–H groups in total. The third kappa shape index (κ3) is 3.39. The summed E-state index contributed by atoms with van der Waals surface area (Å²) in [5, 5.41) is 33.8. The van der Waals surface area contributed by atoms with Gasteiger partial charge in [0.15, 0.2) is 5.71 Å². The molecule has 2 aliphatic carbocycles. The fourth-order valence-electron chi connectivity index (χ4n) is 18.0. The number of hydrogen-bond donors (Lipinski definition) is 2. The third-order valence-electron chi connectivity index (χ3n) is 20.0. The van der Waals surface area contributed by atoms with Crippen molar-refractivity contribution in [1.82, 2.24) is 24.7 Å². The Morgan fingerprint density at radius 1 is 0.758 bits per heavy atom. The van der Waals surface area contributed by atoms with Crippen LogP contribution in [-0.2, 0) is 30.0 Å². The molecule has 12 aliphatic heterocycles. The number of piperazine rings is 2. The van der Waals surface area contributed by atoms with Crippen LogP contribution in [0.3, 0.4) is 0 Å². The molecular weight excluding hydrogens is 837 g/mol. The number of nitrogens with zero attached hydrogens (tertiary/aromatic N) is 5. The van der Waals surface area contributed by atoms with Crippen molar-refractivity contribution < 1.29 is 38.6 Å². The van der Waals surface area contributed by atoms with Gasteiger partial charge in [-0.3, -0.25) is 19.2 Å². The highest BCUT2D eigenvalue weighted by atomic mass is 16.5. The Balaban J connectivity index is 1.16. The smallest absolute Gasteiger partial charge is 0.251 e. The van der Waals surface area contributed by atoms with Gasteiger partial charge in [0.1, 0.15) is 50.3 Å². The minimum absolute atomic E-state index is 0.176. The predicted octanol–water partition coefficient (Wildman–Crippen LogP) is 5.79. The van der Waals surface area contributed by atoms with Crippen molar-refractivity contribution in [2.24, 2.45) is 17.3 Å². The summed E-state index contributed by atoms with van der Waals surface area (Å²) < 4.78 is 15.5. The lowest BCUT2D eigenvalue weighted by Crippen LogP contribution is -2.93. The van der Waals surface area contributed by atoms with Crippen molar-refractivity contribution in [3.63, 3.8) is 0 Å². The average Bonchev–Trinajstić information content (AvgIpc) is 4.05. The Labute approximate surface area is 381 Å². The summed E-state index contributed by atoms with van der Waals surface area (Å²) >= 11 is 0. The van der Waals surface area contributed by atoms with E-state index in [2.05, 4.69) is 33.0 Å². The van der Waals surface area contributed by atoms with Gasteiger partial charge in [-0.25, -0.2) is 0 Å². The first kappa shape index (κ1) is 38.3. The average molecular weight is 891 g/mol. The largest absolute Gasteiger partial charge is 0.618 e. The second-order valence-corrected chi connectivity index (χ2v) is 24.2. The molecule has 5 spiro atoms. The second kappa shape index (κ2) is 10.4. The fourth-order valence-corrected chi connectivity index (χ4v) is 18.0. The SMILES string of the molecule is CC1(C)C=Cc2c(ccc3c2[N+]([O-])=C2C(C)(C)[C@@H]4CC56CCCN5C(=O)[C@]4(NC6=O)[C@@H]4N5C(=O)[C@@]67CCCN6C(=O)[C@]56[C@@H](C7)C(C)(C)c5c(c7ccc8c(c7n5O)C=CC(C)(C)O8)[C@H]6C234)O1. The van der Waals surface area contributed by atoms with E-state index in [1.165, 1.54) is 4.73 Å². The number of nitrogens with one attached hydrogen (secondary N) is 1. The zero-order valence-electron chi connectivity index (χ0n) is 38.6. The molecule has 10 fully saturated rings. The number of benzene rings is 2. The molecular formula is C52H54N6O8. The van der Waals surface area contributed by atoms with E-state index in [-0.39, 0.29) is 23.6 Å². The normalized spacial score (nSPS) is 40.5. The summed E-state index contributed by atoms with van der Waals surface area (Å²) in [6, 6.07) is 6.54. The van der Waals surface area contributed by atoms with E-state index in [9.17, 15) is 5.21 Å². The van der Waals surface area contributed by atoms with Crippen molar-refractivity contribution in [3.8, 4) is 11.5 Å². The molecule has 0 radical (unpaired) electrons. The lowest BCUT2D eigenvalue weighted by molar-refractivity contribution is -0.367. The monoisotopic (exact) mass is 890 g/mol. The van der Waals surface area contributed by atoms with Crippen LogP contribution in [0.2, 0.25) is 0 Å². The molecule has 13 heterocycles. The topological polar surface area (TPSA) is 160 Å². The summed E-state index contributed by atoms with van der Waals surface area (Å²) in [5.74, 6) is -1.92. The molecule has 14 aliphatic rings. The van der Waals surface area contributed by atoms with Crippen molar-refractivity contribution in [1.29, 1.82) is 0 Å². The Hall–Kier alpha value is -5.79. The van der Waals surface area contributed by atoms with Gasteiger partial charge in [-0.2, -0.15) is 9.47 Å². The predicted molar refractivity (Wildman–Crippen MR) is 240 cm³/mol. The van der Waals surface area contributed by atoms with Crippen LogP contribution in [0.15, 0.2) is 36.4 Å². The summed E-state index contributed by atoms with van der Waals surface area (Å²) in [6.45, 7) is 17.0. The van der Waals surface area contributed by atoms with Crippen LogP contribution in [0.5, 0.6) is 11.5 Å². The third-order valence-corrected chi connectivity index (χ3v) is 20.0. The first-order chi connectivity index (χ1) is 31.1. The molecule has 9 saturated heterocycles. The number of rotatable bonds is 0. The minimum Gasteiger partial charge on any atom is -0.618 e. The molecule has 17 rings (SSSR count). The summed E-state index contributed by atoms with van der Waals surface area (Å²) in [6.07, 6.45) is 10.8. The van der Waals surface area contributed by atoms with Gasteiger partial charge >= 0.3 is 0 Å². The summed E-state index contributed by atoms with van der Waals surface area (Å²) in [4.78, 5) is 70.5. The van der Waals surface area contributed by atoms with E-state index >= 15 is 24.4 Å². The molecule has 4 amide bonds. The van der Waals surface area contributed by atoms with Crippen molar-refractivity contribution in [3.05, 3.63) is 69.6 Å². The Morgan fingerprint density at radius 2 is 1.38 bits per heavy atom. The highest BCUT2D eigenvalue weighted by Gasteiger charge is 2.95. The Bertz CT molecular complexity index is 3140. The molecule has 2 unspecified atom stereocenters. The lowest BCUT2D eigenvalue weighted by Gasteiger charge is -2.70. The number of aromatic nitrogens is 1. The van der Waals surface area contributed by atoms with Crippen LogP contribution in [-0.4, -0.2) is 111 Å². The molecule has 1 aromatic heterocycles. The number of carbonyl (C=O) groups excluding carboxylic acids is 4. The Kier molecular flexibility index (Phi) is 6.01. The number of hydrogen-bond acceptors (Lipinski definition) is 8. The van der Waals surface area contributed by atoms with Crippen LogP contribution in [0, 0.1) is 22.5 Å². The zero-order chi connectivity index (χ0) is 45.8. The molecule has 4 bridgehead atoms. The van der Waals surface area contributed by atoms with Crippen molar-refractivity contribution in [2.45, 2.75) is 150 Å². The van der Waals surface area contributed by atoms with Crippen molar-refractivity contribution >= 4 is 58.1 Å². The maximum absolute atomic E-state index is 16.8. The van der Waals surface area contributed by atoms with Crippen LogP contribution < -0.4 is 14.8 Å². The first-order valence-electron chi connectivity index (χ1n) is 24.1. The van der Waals surface area contributed by atoms with E-state index in [0.29, 0.717) is 113 Å². The molecule has 66 heavy (non-hydrogen) atoms. The van der Waals surface area contributed by atoms with Gasteiger partial charge in [-0.05, 0) is 134 Å². The van der Waals surface area contributed by atoms with Crippen molar-refractivity contribution in [2.75, 3.05) is 13.1 Å². The molecule has 340 valence electrons. The van der Waals surface area contributed by atoms with Crippen LogP contribution >= 0.6 is 0 Å². The quantitative estimate of drug-likeness (QED) is 0.163. The van der Waals surface area contributed by atoms with Gasteiger partial charge in [0.25, 0.3) is 5.91 Å². The van der Waals surface area contributed by atoms with E-state index < -0.39 is 73.4 Å². The molecule has 3 aromatic rings. The van der Waals surface area contributed by atoms with E-state index in [0.717, 1.165) is 4.74 Å². The summed E-state index contributed by atoms with van der Waals surface area (Å²) in [7, 11) is 0. The lowest BCUT2D eigenvalue weighted by atomic mass is 9.39. The molecule has 14 heteroatoms. The van der Waals surface area contributed by atoms with Crippen LogP contribution in [0.4, 0.5) is 5.69 Å². The first-order valence-corrected chi connectivity index (χ1v) is 24.1. The second-order valence-electron chi connectivity index (χ2n) is 24.2. The fraction of sp³-hybridized carbons (Fsp3) is 0.558. The van der Waals surface area contributed by atoms with Gasteiger partial charge in [0.2, 0.25) is 23.4 Å². The van der Waals surface area contributed by atoms with Crippen LogP contribution in [0.1, 0.15) is 128 Å². The number of piperidine rings is 4. The Morgan fingerprint density at radius 3 is 2.09 bits per heavy atom. The highest BCUT2D eigenvalue weighted by molar-refractivity contribution is 6.18. The molecule has 2 aromatic carbocycles. The number of carbonyl (C=O) groups is 4. The van der Waals surface area contributed by atoms with E-state index in [1.54, 1.807) is 4.90 Å². The molecule has 1 saturated carbocycles. The van der Waals surface area contributed by atoms with Gasteiger partial charge in [-0.15, -0.1) is 0 Å². The maximum Gasteiger partial charge on any atom is 0.251 e. The van der Waals surface area contributed by atoms with Gasteiger partial charge < -0.3 is 39.9 Å². The van der Waals surface area contributed by atoms with Gasteiger partial charge in [-0.1, -0.05) is 13.8 Å². The van der Waals surface area contributed by atoms with E-state index in [4.69, 9.17) is 9.47 Å². The molecule has 14 nitrogen and oxygen atoms in total. The highest BCUT2D eigenvalue weighted by Crippen LogP contribution is 2.81. The number of fused-ring (bicyclic) bond motifs is 10. The van der Waals surface area contributed by atoms with Gasteiger partial charge in [0, 0.05) is 52.8 Å². The van der Waals surface area contributed by atoms with E-state index in [1.807, 2.05) is 86.1 Å². The summed E-state index contributed by atoms with van der Waals surface area (Å²) in [5.41, 5.74) is -6.07. The molecule has 9 atom stereocenters. The number of ether oxygens (including phenoxy) is 2. The minimum atomic E-state index is -1.73. The zero-order valence-corrected chi connectivity index (χ0v) is 38.6. The van der Waals surface area contributed by atoms with Crippen LogP contribution in [0.25, 0.3) is 23.1 Å².